The molecule has 1 nitrogen and oxygen atoms in total. The predicted molar refractivity (Wildman–Crippen MR) is 92.2 cm³/mol. The third-order valence-corrected chi connectivity index (χ3v) is 4.51. The van der Waals surface area contributed by atoms with Gasteiger partial charge in [-0.1, -0.05) is 56.2 Å². The molecule has 0 radical (unpaired) electrons. The van der Waals surface area contributed by atoms with Gasteiger partial charge in [0, 0.05) is 6.42 Å². The SMILES string of the molecule is C=C(C)[C@@H]1/C=C(/C(C)C)CC/C(C)=C/CC[C@@H](C)CC1=O. The van der Waals surface area contributed by atoms with Gasteiger partial charge >= 0.3 is 0 Å². The van der Waals surface area contributed by atoms with Gasteiger partial charge in [-0.2, -0.15) is 0 Å². The van der Waals surface area contributed by atoms with E-state index in [2.05, 4.69) is 46.4 Å². The molecule has 0 bridgehead atoms. The minimum Gasteiger partial charge on any atom is -0.299 e. The lowest BCUT2D eigenvalue weighted by Crippen LogP contribution is -2.18. The molecule has 1 aliphatic rings. The lowest BCUT2D eigenvalue weighted by molar-refractivity contribution is -0.121. The molecular weight excluding hydrogens is 256 g/mol. The average molecular weight is 288 g/mol. The Labute approximate surface area is 131 Å². The Morgan fingerprint density at radius 1 is 1.33 bits per heavy atom. The van der Waals surface area contributed by atoms with Crippen molar-refractivity contribution in [3.05, 3.63) is 35.5 Å². The first-order chi connectivity index (χ1) is 9.81. The first kappa shape index (κ1) is 17.9. The minimum atomic E-state index is -0.0893. The first-order valence-electron chi connectivity index (χ1n) is 8.35. The Bertz CT molecular complexity index is 437. The van der Waals surface area contributed by atoms with Crippen LogP contribution in [0.25, 0.3) is 0 Å². The summed E-state index contributed by atoms with van der Waals surface area (Å²) in [6, 6.07) is 0. The number of carbonyl (C=O) groups is 1. The number of allylic oxidation sites excluding steroid dienone is 5. The largest absolute Gasteiger partial charge is 0.299 e. The molecule has 21 heavy (non-hydrogen) atoms. The van der Waals surface area contributed by atoms with Crippen molar-refractivity contribution >= 4 is 5.78 Å². The van der Waals surface area contributed by atoms with Gasteiger partial charge in [-0.25, -0.2) is 0 Å². The second-order valence-corrected chi connectivity index (χ2v) is 7.12. The summed E-state index contributed by atoms with van der Waals surface area (Å²) >= 11 is 0. The van der Waals surface area contributed by atoms with Gasteiger partial charge in [0.15, 0.2) is 0 Å². The minimum absolute atomic E-state index is 0.0893. The zero-order chi connectivity index (χ0) is 16.0. The van der Waals surface area contributed by atoms with Crippen LogP contribution < -0.4 is 0 Å². The Balaban J connectivity index is 3.08. The molecule has 0 N–H and O–H groups in total. The molecule has 0 aromatic heterocycles. The molecule has 0 amide bonds. The Morgan fingerprint density at radius 3 is 2.57 bits per heavy atom. The van der Waals surface area contributed by atoms with Crippen LogP contribution in [0.5, 0.6) is 0 Å². The van der Waals surface area contributed by atoms with E-state index in [1.807, 2.05) is 6.92 Å². The number of carbonyl (C=O) groups excluding carboxylic acids is 1. The molecule has 0 saturated carbocycles. The molecule has 0 aromatic rings. The molecule has 1 aliphatic carbocycles. The average Bonchev–Trinajstić information content (AvgIpc) is 2.36. The summed E-state index contributed by atoms with van der Waals surface area (Å²) in [5.74, 6) is 1.20. The first-order valence-corrected chi connectivity index (χ1v) is 8.35. The summed E-state index contributed by atoms with van der Waals surface area (Å²) in [6.07, 6.45) is 9.60. The molecule has 118 valence electrons. The molecule has 0 unspecified atom stereocenters. The van der Waals surface area contributed by atoms with Crippen LogP contribution in [-0.4, -0.2) is 5.78 Å². The molecule has 0 fully saturated rings. The van der Waals surface area contributed by atoms with Crippen LogP contribution in [0.15, 0.2) is 35.5 Å². The van der Waals surface area contributed by atoms with Crippen LogP contribution >= 0.6 is 0 Å². The van der Waals surface area contributed by atoms with Gasteiger partial charge in [-0.15, -0.1) is 0 Å². The van der Waals surface area contributed by atoms with E-state index in [1.165, 1.54) is 11.1 Å². The van der Waals surface area contributed by atoms with E-state index in [1.54, 1.807) is 0 Å². The summed E-state index contributed by atoms with van der Waals surface area (Å²) in [5, 5.41) is 0. The predicted octanol–water partition coefficient (Wildman–Crippen LogP) is 5.88. The lowest BCUT2D eigenvalue weighted by Gasteiger charge is -2.20. The number of hydrogen-bond donors (Lipinski definition) is 0. The molecule has 0 heterocycles. The van der Waals surface area contributed by atoms with Crippen molar-refractivity contribution in [2.24, 2.45) is 17.8 Å². The van der Waals surface area contributed by atoms with Crippen molar-refractivity contribution in [2.45, 2.75) is 66.7 Å². The third-order valence-electron chi connectivity index (χ3n) is 4.51. The summed E-state index contributed by atoms with van der Waals surface area (Å²) in [4.78, 5) is 12.6. The molecule has 2 atom stereocenters. The summed E-state index contributed by atoms with van der Waals surface area (Å²) in [6.45, 7) is 14.9. The van der Waals surface area contributed by atoms with Crippen molar-refractivity contribution in [1.29, 1.82) is 0 Å². The third kappa shape index (κ3) is 6.03. The highest BCUT2D eigenvalue weighted by Crippen LogP contribution is 2.27. The van der Waals surface area contributed by atoms with E-state index >= 15 is 0 Å². The zero-order valence-corrected chi connectivity index (χ0v) is 14.5. The van der Waals surface area contributed by atoms with E-state index < -0.39 is 0 Å². The van der Waals surface area contributed by atoms with E-state index in [4.69, 9.17) is 0 Å². The van der Waals surface area contributed by atoms with Gasteiger partial charge < -0.3 is 0 Å². The fourth-order valence-electron chi connectivity index (χ4n) is 2.92. The summed E-state index contributed by atoms with van der Waals surface area (Å²) in [7, 11) is 0. The van der Waals surface area contributed by atoms with Gasteiger partial charge in [0.25, 0.3) is 0 Å². The number of hydrogen-bond acceptors (Lipinski definition) is 1. The monoisotopic (exact) mass is 288 g/mol. The van der Waals surface area contributed by atoms with Gasteiger partial charge in [0.2, 0.25) is 0 Å². The molecule has 0 spiro atoms. The van der Waals surface area contributed by atoms with Crippen molar-refractivity contribution in [3.63, 3.8) is 0 Å². The van der Waals surface area contributed by atoms with Crippen molar-refractivity contribution in [3.8, 4) is 0 Å². The maximum Gasteiger partial charge on any atom is 0.144 e. The fourth-order valence-corrected chi connectivity index (χ4v) is 2.92. The van der Waals surface area contributed by atoms with Crippen LogP contribution in [0.2, 0.25) is 0 Å². The van der Waals surface area contributed by atoms with E-state index in [9.17, 15) is 4.79 Å². The molecule has 0 saturated heterocycles. The van der Waals surface area contributed by atoms with Gasteiger partial charge in [-0.05, 0) is 51.4 Å². The number of Topliss-reactive ketones (excluding diaryl/α,β-unsaturated/α-hetero) is 1. The second-order valence-electron chi connectivity index (χ2n) is 7.12. The van der Waals surface area contributed by atoms with E-state index in [-0.39, 0.29) is 5.92 Å². The van der Waals surface area contributed by atoms with Crippen LogP contribution in [0.4, 0.5) is 0 Å². The summed E-state index contributed by atoms with van der Waals surface area (Å²) in [5.41, 5.74) is 3.86. The molecular formula is C20H32O. The van der Waals surface area contributed by atoms with Crippen molar-refractivity contribution in [2.75, 3.05) is 0 Å². The van der Waals surface area contributed by atoms with E-state index in [0.29, 0.717) is 24.0 Å². The quantitative estimate of drug-likeness (QED) is 0.580. The van der Waals surface area contributed by atoms with Gasteiger partial charge in [0.1, 0.15) is 5.78 Å². The van der Waals surface area contributed by atoms with Crippen molar-refractivity contribution < 1.29 is 4.79 Å². The fraction of sp³-hybridized carbons (Fsp3) is 0.650. The highest BCUT2D eigenvalue weighted by atomic mass is 16.1. The maximum atomic E-state index is 12.6. The topological polar surface area (TPSA) is 17.1 Å². The van der Waals surface area contributed by atoms with Crippen LogP contribution in [0, 0.1) is 17.8 Å². The summed E-state index contributed by atoms with van der Waals surface area (Å²) < 4.78 is 0. The van der Waals surface area contributed by atoms with Crippen molar-refractivity contribution in [1.82, 2.24) is 0 Å². The van der Waals surface area contributed by atoms with Crippen LogP contribution in [0.3, 0.4) is 0 Å². The van der Waals surface area contributed by atoms with Crippen LogP contribution in [-0.2, 0) is 4.79 Å². The molecule has 0 aliphatic heterocycles. The zero-order valence-electron chi connectivity index (χ0n) is 14.5. The maximum absolute atomic E-state index is 12.6. The number of rotatable bonds is 2. The van der Waals surface area contributed by atoms with Gasteiger partial charge in [0.05, 0.1) is 5.92 Å². The lowest BCUT2D eigenvalue weighted by atomic mass is 9.84. The highest BCUT2D eigenvalue weighted by molar-refractivity contribution is 5.85. The van der Waals surface area contributed by atoms with E-state index in [0.717, 1.165) is 31.3 Å². The van der Waals surface area contributed by atoms with Gasteiger partial charge in [-0.3, -0.25) is 4.79 Å². The smallest absolute Gasteiger partial charge is 0.144 e. The molecule has 1 heteroatoms. The normalized spacial score (nSPS) is 30.7. The Hall–Kier alpha value is -1.11. The highest BCUT2D eigenvalue weighted by Gasteiger charge is 2.21. The number of ketones is 1. The molecule has 0 aromatic carbocycles. The Kier molecular flexibility index (Phi) is 7.14. The Morgan fingerprint density at radius 2 is 2.00 bits per heavy atom. The van der Waals surface area contributed by atoms with Crippen LogP contribution in [0.1, 0.15) is 66.7 Å². The second kappa shape index (κ2) is 8.36. The molecule has 1 rings (SSSR count). The standard InChI is InChI=1S/C20H32O/c1-14(2)18-11-10-16(5)8-7-9-17(6)12-20(21)19(13-18)15(3)4/h8,13-14,17,19H,3,7,9-12H2,1-2,4-6H3/b16-8+,18-13+/t17-,19+/m1/s1.